The second-order valence-electron chi connectivity index (χ2n) is 25.2. The Balaban J connectivity index is 0.000000152. The molecule has 6 aromatic carbocycles. The van der Waals surface area contributed by atoms with E-state index in [1.807, 2.05) is 57.2 Å². The molecule has 3 saturated carbocycles. The van der Waals surface area contributed by atoms with Crippen molar-refractivity contribution in [1.82, 2.24) is 0 Å². The third-order valence-corrected chi connectivity index (χ3v) is 26.4. The first-order valence-corrected chi connectivity index (χ1v) is 47.7. The number of ketones is 2. The Labute approximate surface area is 660 Å². The van der Waals surface area contributed by atoms with Gasteiger partial charge in [0.15, 0.2) is 28.3 Å². The number of rotatable bonds is 12. The number of carboxylic acids is 1. The number of aromatic hydroxyl groups is 1. The van der Waals surface area contributed by atoms with Crippen molar-refractivity contribution in [2.75, 3.05) is 18.6 Å². The zero-order valence-corrected chi connectivity index (χ0v) is 70.7. The molecule has 0 bridgehead atoms. The van der Waals surface area contributed by atoms with E-state index in [0.29, 0.717) is 79.2 Å². The molecule has 5 heterocycles. The van der Waals surface area contributed by atoms with Crippen molar-refractivity contribution in [3.05, 3.63) is 199 Å². The van der Waals surface area contributed by atoms with Crippen LogP contribution in [0.25, 0.3) is 43.9 Å². The number of hydrogen-bond acceptors (Lipinski definition) is 14. The van der Waals surface area contributed by atoms with E-state index in [1.165, 1.54) is 23.4 Å². The minimum Gasteiger partial charge on any atom is -0.487 e. The molecule has 0 radical (unpaired) electrons. The summed E-state index contributed by atoms with van der Waals surface area (Å²) in [7, 11) is 2.63. The number of esters is 2. The number of hydrogen-bond donors (Lipinski definition) is 2. The van der Waals surface area contributed by atoms with E-state index >= 15 is 0 Å². The first-order chi connectivity index (χ1) is 47.5. The smallest absolute Gasteiger partial charge is 0.307 e. The number of phenolic OH excluding ortho intramolecular Hbond substituents is 1. The number of methoxy groups -OCH3 is 2. The van der Waals surface area contributed by atoms with Crippen LogP contribution in [0.4, 0.5) is 0 Å². The molecular formula is C74H67Br3Cl7IO15Sn. The maximum absolute atomic E-state index is 12.3. The molecule has 15 nitrogen and oxygen atoms in total. The van der Waals surface area contributed by atoms with Gasteiger partial charge in [0.05, 0.1) is 57.1 Å². The summed E-state index contributed by atoms with van der Waals surface area (Å²) >= 11 is 51.7. The molecule has 1 unspecified atom stereocenters. The number of Topliss-reactive ketones (excluding diaryl/α,β-unsaturated/α-hetero) is 2. The molecule has 101 heavy (non-hydrogen) atoms. The summed E-state index contributed by atoms with van der Waals surface area (Å²) in [6.45, 7) is 11.1. The molecule has 7 atom stereocenters. The van der Waals surface area contributed by atoms with Gasteiger partial charge in [0, 0.05) is 80.4 Å². The number of alkyl halides is 1. The molecule has 10 aromatic rings. The Hall–Kier alpha value is -4.76. The molecule has 4 aromatic heterocycles. The van der Waals surface area contributed by atoms with Gasteiger partial charge < -0.3 is 37.7 Å². The van der Waals surface area contributed by atoms with E-state index in [-0.39, 0.29) is 52.9 Å². The molecule has 0 amide bonds. The normalized spacial score (nSPS) is 18.0. The second kappa shape index (κ2) is 35.6. The van der Waals surface area contributed by atoms with Crippen molar-refractivity contribution >= 4 is 252 Å². The number of halogens is 11. The van der Waals surface area contributed by atoms with E-state index in [9.17, 15) is 33.9 Å². The van der Waals surface area contributed by atoms with Crippen LogP contribution in [0.1, 0.15) is 74.1 Å². The predicted octanol–water partition coefficient (Wildman–Crippen LogP) is 22.7. The molecule has 3 fully saturated rings. The number of benzene rings is 6. The number of carboxylic acid groups (broad SMARTS) is 1. The number of phenols is 1. The van der Waals surface area contributed by atoms with Gasteiger partial charge in [0.2, 0.25) is 5.24 Å². The standard InChI is InChI=1S/C15H13ClO4.C14H11ClO4.C9H7BrClIO.C9H6BrClO.C9H8BrClO.C9H6ClO.C6H7ClO3.3CH3.Sn/c1-7-3-9-4-8(5-12(16)14(9)20-7)13(17)10-6-11(10)15(18)19-2;1-6-2-8-3-7(4-11(15)13(8)19-6)12(16)9-5-10(9)14(17)18;10-6-1-5-2-7(4-12)13-9(5)8(11)3-6;1-5-2-6-3-7(10)4-8(11)9(6)12-5;1-2-3-6-4-7(10)5-8(11)9(6)12;1-6-5-7-3-2-4-8(10)9(7)11-6;1-10-6(9)4-2-3(4)5(7)8;;;;/h3-5,10-11H,6H2,1-2H3;2-4,9-10H,5H2,1H3,(H,17,18);1,3,7H,2,4H2;2-4H,1H3;2,4-5,12H,1,3H2;3-5H,1H3;3-4H,2H2,1H3;3*1H3;/t10-,11-;9-,10-;;;;;3-,4-;;;;/m00....0..../s1. The zero-order valence-electron chi connectivity index (χ0n) is 55.7. The Kier molecular flexibility index (Phi) is 28.8. The Morgan fingerprint density at radius 1 is 0.545 bits per heavy atom. The van der Waals surface area contributed by atoms with Crippen molar-refractivity contribution in [3.8, 4) is 11.5 Å². The third-order valence-electron chi connectivity index (χ3n) is 16.3. The number of fused-ring (bicyclic) bond motifs is 5. The summed E-state index contributed by atoms with van der Waals surface area (Å²) in [5, 5.41) is 24.9. The van der Waals surface area contributed by atoms with E-state index in [4.69, 9.17) is 109 Å². The summed E-state index contributed by atoms with van der Waals surface area (Å²) in [5.41, 5.74) is 5.69. The Morgan fingerprint density at radius 2 is 0.941 bits per heavy atom. The molecule has 3 aliphatic carbocycles. The van der Waals surface area contributed by atoms with Crippen molar-refractivity contribution in [2.24, 2.45) is 35.5 Å². The van der Waals surface area contributed by atoms with Gasteiger partial charge in [-0.1, -0.05) is 134 Å². The summed E-state index contributed by atoms with van der Waals surface area (Å²) in [6.07, 6.45) is 5.11. The van der Waals surface area contributed by atoms with Crippen LogP contribution < -0.4 is 8.32 Å². The number of carbonyl (C=O) groups excluding carboxylic acids is 5. The molecule has 27 heteroatoms. The molecular weight excluding hydrogens is 1860 g/mol. The largest absolute Gasteiger partial charge is 0.487 e. The third kappa shape index (κ3) is 21.5. The fraction of sp³-hybridized carbons (Fsp3) is 0.297. The molecule has 0 saturated heterocycles. The number of allylic oxidation sites excluding steroid dienone is 1. The van der Waals surface area contributed by atoms with Crippen LogP contribution >= 0.6 is 152 Å². The van der Waals surface area contributed by atoms with Crippen molar-refractivity contribution in [2.45, 2.75) is 80.7 Å². The average molecular weight is 1930 g/mol. The van der Waals surface area contributed by atoms with Crippen molar-refractivity contribution in [1.29, 1.82) is 0 Å². The zero-order chi connectivity index (χ0) is 74.4. The summed E-state index contributed by atoms with van der Waals surface area (Å²) in [6, 6.07) is 29.8. The van der Waals surface area contributed by atoms with E-state index in [0.717, 1.165) is 96.4 Å². The predicted molar refractivity (Wildman–Crippen MR) is 421 cm³/mol. The first kappa shape index (κ1) is 81.9. The molecule has 0 spiro atoms. The molecule has 14 rings (SSSR count). The fourth-order valence-corrected chi connectivity index (χ4v) is 18.7. The van der Waals surface area contributed by atoms with Crippen molar-refractivity contribution in [3.63, 3.8) is 0 Å². The van der Waals surface area contributed by atoms with E-state index in [1.54, 1.807) is 49.4 Å². The van der Waals surface area contributed by atoms with Gasteiger partial charge in [-0.15, -0.1) is 6.58 Å². The maximum atomic E-state index is 12.3. The SMILES string of the molecule is C=CCc1cc(Br)cc(Cl)c1O.COC(=O)[C@H]1C[C@@H]1C(=O)Cl.COC(=O)[C@H]1C[C@@H]1C(=O)c1cc(Cl)c2oc(C)cc2c1.Cc1cc2c[c]([Sn]([CH3])([CH3])[CH3])cc(Cl)c2o1.Cc1cc2cc(Br)cc(Cl)c2o1.Cc1cc2cc(C(=O)[C@H]3C[C@@H]3C(=O)O)cc(Cl)c2o1.Clc1cc(Br)cc2c1OC(CI)C2. The Morgan fingerprint density at radius 3 is 1.38 bits per heavy atom. The minimum atomic E-state index is -2.02. The molecule has 2 N–H and O–H groups in total. The summed E-state index contributed by atoms with van der Waals surface area (Å²) in [5.74, 6) is 0.357. The minimum absolute atomic E-state index is 0.0666. The maximum Gasteiger partial charge on any atom is 0.307 e. The molecule has 4 aliphatic rings. The Bertz CT molecular complexity index is 4830. The van der Waals surface area contributed by atoms with Gasteiger partial charge in [-0.05, 0) is 137 Å². The van der Waals surface area contributed by atoms with Crippen LogP contribution in [-0.2, 0) is 41.5 Å². The quantitative estimate of drug-likeness (QED) is 0.0221. The van der Waals surface area contributed by atoms with Gasteiger partial charge in [-0.25, -0.2) is 0 Å². The van der Waals surface area contributed by atoms with Crippen LogP contribution in [0, 0.1) is 63.2 Å². The molecule has 1 aliphatic heterocycles. The number of furan rings is 4. The summed E-state index contributed by atoms with van der Waals surface area (Å²) in [4.78, 5) is 74.9. The second-order valence-corrected chi connectivity index (χ2v) is 46.2. The van der Waals surface area contributed by atoms with Gasteiger partial charge in [-0.2, -0.15) is 0 Å². The van der Waals surface area contributed by atoms with E-state index < -0.39 is 41.4 Å². The van der Waals surface area contributed by atoms with Crippen LogP contribution in [0.15, 0.2) is 141 Å². The van der Waals surface area contributed by atoms with Gasteiger partial charge in [0.1, 0.15) is 34.9 Å². The number of carbonyl (C=O) groups is 6. The summed E-state index contributed by atoms with van der Waals surface area (Å²) < 4.78 is 41.9. The number of aryl methyl sites for hydroxylation is 4. The van der Waals surface area contributed by atoms with Crippen LogP contribution in [0.2, 0.25) is 45.0 Å². The van der Waals surface area contributed by atoms with Crippen LogP contribution in [0.3, 0.4) is 0 Å². The van der Waals surface area contributed by atoms with E-state index in [2.05, 4.69) is 126 Å². The van der Waals surface area contributed by atoms with Crippen LogP contribution in [0.5, 0.6) is 11.5 Å². The van der Waals surface area contributed by atoms with Crippen molar-refractivity contribution < 1.29 is 70.9 Å². The average Bonchev–Trinajstić information content (AvgIpc) is 1.64. The van der Waals surface area contributed by atoms with Gasteiger partial charge in [0.25, 0.3) is 0 Å². The fourth-order valence-electron chi connectivity index (χ4n) is 10.9. The van der Waals surface area contributed by atoms with Gasteiger partial charge in [-0.3, -0.25) is 28.8 Å². The number of aliphatic carboxylic acids is 1. The van der Waals surface area contributed by atoms with Crippen LogP contribution in [-0.4, -0.2) is 88.1 Å². The molecule has 534 valence electrons. The van der Waals surface area contributed by atoms with Gasteiger partial charge >= 0.3 is 118 Å². The monoisotopic (exact) mass is 1920 g/mol. The topological polar surface area (TPSA) is 223 Å². The first-order valence-electron chi connectivity index (χ1n) is 31.1. The number of ether oxygens (including phenoxy) is 3.